The first kappa shape index (κ1) is 17.9. The van der Waals surface area contributed by atoms with E-state index in [2.05, 4.69) is 15.0 Å². The van der Waals surface area contributed by atoms with Gasteiger partial charge in [0.25, 0.3) is 0 Å². The highest BCUT2D eigenvalue weighted by Gasteiger charge is 2.35. The van der Waals surface area contributed by atoms with Crippen LogP contribution in [0.3, 0.4) is 0 Å². The number of aromatic nitrogens is 3. The molecule has 27 heavy (non-hydrogen) atoms. The molecular formula is C19H19F3N4O. The van der Waals surface area contributed by atoms with Crippen LogP contribution in [-0.4, -0.2) is 45.8 Å². The van der Waals surface area contributed by atoms with Crippen molar-refractivity contribution < 1.29 is 17.9 Å². The first-order valence-corrected chi connectivity index (χ1v) is 8.74. The molecule has 1 aliphatic rings. The summed E-state index contributed by atoms with van der Waals surface area (Å²) in [5.74, 6) is 0. The van der Waals surface area contributed by atoms with E-state index in [1.54, 1.807) is 12.1 Å². The fourth-order valence-corrected chi connectivity index (χ4v) is 3.19. The fourth-order valence-electron chi connectivity index (χ4n) is 3.19. The van der Waals surface area contributed by atoms with Crippen LogP contribution in [0.5, 0.6) is 0 Å². The molecule has 3 aromatic rings. The van der Waals surface area contributed by atoms with E-state index in [0.29, 0.717) is 36.6 Å². The van der Waals surface area contributed by atoms with Gasteiger partial charge in [0.2, 0.25) is 0 Å². The van der Waals surface area contributed by atoms with E-state index in [1.165, 1.54) is 6.20 Å². The number of aryl methyl sites for hydroxylation is 1. The van der Waals surface area contributed by atoms with Gasteiger partial charge in [0.05, 0.1) is 25.1 Å². The second-order valence-corrected chi connectivity index (χ2v) is 6.68. The summed E-state index contributed by atoms with van der Waals surface area (Å²) in [6.45, 7) is 5.14. The van der Waals surface area contributed by atoms with E-state index in [9.17, 15) is 13.2 Å². The van der Waals surface area contributed by atoms with E-state index in [-0.39, 0.29) is 5.65 Å². The number of morpholine rings is 1. The highest BCUT2D eigenvalue weighted by Crippen LogP contribution is 2.33. The van der Waals surface area contributed by atoms with Gasteiger partial charge in [-0.2, -0.15) is 18.3 Å². The molecule has 0 spiro atoms. The third-order valence-corrected chi connectivity index (χ3v) is 4.68. The predicted molar refractivity (Wildman–Crippen MR) is 94.3 cm³/mol. The van der Waals surface area contributed by atoms with Gasteiger partial charge in [-0.3, -0.25) is 4.90 Å². The van der Waals surface area contributed by atoms with Crippen molar-refractivity contribution in [3.05, 3.63) is 53.3 Å². The molecule has 3 heterocycles. The fraction of sp³-hybridized carbons (Fsp3) is 0.368. The molecule has 2 aromatic heterocycles. The summed E-state index contributed by atoms with van der Waals surface area (Å²) in [5, 5.41) is 3.98. The molecule has 0 amide bonds. The normalized spacial score (nSPS) is 16.1. The van der Waals surface area contributed by atoms with Crippen molar-refractivity contribution in [2.45, 2.75) is 19.6 Å². The molecule has 0 atom stereocenters. The number of rotatable bonds is 3. The quantitative estimate of drug-likeness (QED) is 0.701. The Hall–Kier alpha value is -2.45. The number of ether oxygens (including phenoxy) is 1. The number of halogens is 3. The van der Waals surface area contributed by atoms with E-state index < -0.39 is 11.9 Å². The topological polar surface area (TPSA) is 42.7 Å². The van der Waals surface area contributed by atoms with Gasteiger partial charge < -0.3 is 4.74 Å². The number of hydrogen-bond donors (Lipinski definition) is 0. The first-order chi connectivity index (χ1) is 12.9. The summed E-state index contributed by atoms with van der Waals surface area (Å²) in [6, 6.07) is 8.35. The van der Waals surface area contributed by atoms with E-state index in [0.717, 1.165) is 29.2 Å². The maximum absolute atomic E-state index is 13.6. The van der Waals surface area contributed by atoms with Crippen molar-refractivity contribution in [2.75, 3.05) is 26.3 Å². The molecule has 1 aliphatic heterocycles. The Labute approximate surface area is 154 Å². The van der Waals surface area contributed by atoms with Crippen LogP contribution in [-0.2, 0) is 17.5 Å². The Bertz CT molecular complexity index is 944. The number of nitrogens with zero attached hydrogens (tertiary/aromatic N) is 4. The maximum atomic E-state index is 13.6. The lowest BCUT2D eigenvalue weighted by molar-refractivity contribution is -0.142. The molecule has 5 nitrogen and oxygen atoms in total. The van der Waals surface area contributed by atoms with Gasteiger partial charge in [0, 0.05) is 30.8 Å². The molecule has 0 unspecified atom stereocenters. The van der Waals surface area contributed by atoms with Crippen LogP contribution < -0.4 is 0 Å². The standard InChI is InChI=1S/C19H19F3N4O/c1-13-2-4-14(5-3-13)16-10-17(19(20,21)22)26-18(24-16)15(11-23-26)12-25-6-8-27-9-7-25/h2-5,10-11H,6-9,12H2,1H3. The number of fused-ring (bicyclic) bond motifs is 1. The van der Waals surface area contributed by atoms with Crippen molar-refractivity contribution in [3.63, 3.8) is 0 Å². The van der Waals surface area contributed by atoms with Gasteiger partial charge in [0.1, 0.15) is 0 Å². The van der Waals surface area contributed by atoms with Gasteiger partial charge >= 0.3 is 6.18 Å². The number of alkyl halides is 3. The Morgan fingerprint density at radius 2 is 1.81 bits per heavy atom. The zero-order chi connectivity index (χ0) is 19.0. The average molecular weight is 376 g/mol. The summed E-state index contributed by atoms with van der Waals surface area (Å²) in [6.07, 6.45) is -3.05. The highest BCUT2D eigenvalue weighted by molar-refractivity contribution is 5.64. The highest BCUT2D eigenvalue weighted by atomic mass is 19.4. The van der Waals surface area contributed by atoms with Crippen molar-refractivity contribution in [1.29, 1.82) is 0 Å². The zero-order valence-corrected chi connectivity index (χ0v) is 14.8. The number of hydrogen-bond acceptors (Lipinski definition) is 4. The van der Waals surface area contributed by atoms with Crippen LogP contribution in [0.2, 0.25) is 0 Å². The van der Waals surface area contributed by atoms with E-state index in [4.69, 9.17) is 4.74 Å². The summed E-state index contributed by atoms with van der Waals surface area (Å²) in [4.78, 5) is 6.65. The minimum atomic E-state index is -4.52. The molecule has 8 heteroatoms. The van der Waals surface area contributed by atoms with Crippen LogP contribution in [0.1, 0.15) is 16.8 Å². The predicted octanol–water partition coefficient (Wildman–Crippen LogP) is 3.56. The van der Waals surface area contributed by atoms with Crippen LogP contribution >= 0.6 is 0 Å². The van der Waals surface area contributed by atoms with Crippen LogP contribution in [0, 0.1) is 6.92 Å². The average Bonchev–Trinajstić information content (AvgIpc) is 3.04. The van der Waals surface area contributed by atoms with Gasteiger partial charge in [-0.05, 0) is 13.0 Å². The van der Waals surface area contributed by atoms with Crippen LogP contribution in [0.25, 0.3) is 16.9 Å². The third kappa shape index (κ3) is 3.68. The second-order valence-electron chi connectivity index (χ2n) is 6.68. The molecule has 1 saturated heterocycles. The smallest absolute Gasteiger partial charge is 0.379 e. The largest absolute Gasteiger partial charge is 0.433 e. The SMILES string of the molecule is Cc1ccc(-c2cc(C(F)(F)F)n3ncc(CN4CCOCC4)c3n2)cc1. The first-order valence-electron chi connectivity index (χ1n) is 8.74. The Morgan fingerprint density at radius 1 is 1.11 bits per heavy atom. The summed E-state index contributed by atoms with van der Waals surface area (Å²) in [5.41, 5.74) is 2.07. The molecule has 0 N–H and O–H groups in total. The molecule has 142 valence electrons. The molecule has 1 fully saturated rings. The maximum Gasteiger partial charge on any atom is 0.433 e. The minimum absolute atomic E-state index is 0.242. The van der Waals surface area contributed by atoms with Crippen molar-refractivity contribution >= 4 is 5.65 Å². The van der Waals surface area contributed by atoms with Crippen LogP contribution in [0.4, 0.5) is 13.2 Å². The summed E-state index contributed by atoms with van der Waals surface area (Å²) in [7, 11) is 0. The van der Waals surface area contributed by atoms with Crippen molar-refractivity contribution in [1.82, 2.24) is 19.5 Å². The van der Waals surface area contributed by atoms with Crippen LogP contribution in [0.15, 0.2) is 36.5 Å². The van der Waals surface area contributed by atoms with Crippen molar-refractivity contribution in [2.24, 2.45) is 0 Å². The molecule has 0 bridgehead atoms. The molecular weight excluding hydrogens is 357 g/mol. The van der Waals surface area contributed by atoms with Crippen molar-refractivity contribution in [3.8, 4) is 11.3 Å². The molecule has 1 aromatic carbocycles. The Kier molecular flexibility index (Phi) is 4.61. The molecule has 0 aliphatic carbocycles. The monoisotopic (exact) mass is 376 g/mol. The number of benzene rings is 1. The summed E-state index contributed by atoms with van der Waals surface area (Å²) < 4.78 is 47.1. The van der Waals surface area contributed by atoms with Gasteiger partial charge in [-0.25, -0.2) is 9.50 Å². The lowest BCUT2D eigenvalue weighted by atomic mass is 10.1. The summed E-state index contributed by atoms with van der Waals surface area (Å²) >= 11 is 0. The lowest BCUT2D eigenvalue weighted by Crippen LogP contribution is -2.35. The van der Waals surface area contributed by atoms with Gasteiger partial charge in [0.15, 0.2) is 11.3 Å². The molecule has 4 rings (SSSR count). The Morgan fingerprint density at radius 3 is 2.48 bits per heavy atom. The van der Waals surface area contributed by atoms with Gasteiger partial charge in [-0.15, -0.1) is 0 Å². The van der Waals surface area contributed by atoms with E-state index in [1.807, 2.05) is 19.1 Å². The lowest BCUT2D eigenvalue weighted by Gasteiger charge is -2.26. The Balaban J connectivity index is 1.82. The third-order valence-electron chi connectivity index (χ3n) is 4.68. The molecule has 0 saturated carbocycles. The second kappa shape index (κ2) is 6.94. The minimum Gasteiger partial charge on any atom is -0.379 e. The van der Waals surface area contributed by atoms with E-state index >= 15 is 0 Å². The molecule has 0 radical (unpaired) electrons. The van der Waals surface area contributed by atoms with Gasteiger partial charge in [-0.1, -0.05) is 29.8 Å². The zero-order valence-electron chi connectivity index (χ0n) is 14.8.